The molecule has 2 aromatic carbocycles. The lowest BCUT2D eigenvalue weighted by atomic mass is 10.2. The van der Waals surface area contributed by atoms with Crippen LogP contribution in [0.25, 0.3) is 11.0 Å². The highest BCUT2D eigenvalue weighted by Gasteiger charge is 2.20. The van der Waals surface area contributed by atoms with E-state index in [9.17, 15) is 17.6 Å². The molecule has 0 atom stereocenters. The van der Waals surface area contributed by atoms with Crippen LogP contribution in [0.15, 0.2) is 47.4 Å². The molecule has 0 aliphatic heterocycles. The highest BCUT2D eigenvalue weighted by atomic mass is 32.2. The Morgan fingerprint density at radius 3 is 2.65 bits per heavy atom. The second-order valence-corrected chi connectivity index (χ2v) is 9.68. The normalized spacial score (nSPS) is 11.9. The quantitative estimate of drug-likeness (QED) is 0.542. The second kappa shape index (κ2) is 9.57. The molecule has 1 N–H and O–H groups in total. The molecule has 0 saturated carbocycles. The van der Waals surface area contributed by atoms with E-state index in [2.05, 4.69) is 17.2 Å². The summed E-state index contributed by atoms with van der Waals surface area (Å²) in [6.45, 7) is 2.82. The van der Waals surface area contributed by atoms with Gasteiger partial charge in [0.15, 0.2) is 0 Å². The fourth-order valence-corrected chi connectivity index (χ4v) is 4.22. The summed E-state index contributed by atoms with van der Waals surface area (Å²) in [4.78, 5) is 17.2. The third-order valence-electron chi connectivity index (χ3n) is 5.00. The van der Waals surface area contributed by atoms with Crippen molar-refractivity contribution in [3.8, 4) is 0 Å². The zero-order valence-corrected chi connectivity index (χ0v) is 18.7. The molecule has 1 aromatic heterocycles. The summed E-state index contributed by atoms with van der Waals surface area (Å²) in [5.41, 5.74) is 1.83. The van der Waals surface area contributed by atoms with E-state index >= 15 is 0 Å². The van der Waals surface area contributed by atoms with Gasteiger partial charge < -0.3 is 9.88 Å². The number of anilines is 1. The van der Waals surface area contributed by atoms with E-state index in [1.54, 1.807) is 24.3 Å². The topological polar surface area (TPSA) is 84.3 Å². The van der Waals surface area contributed by atoms with Crippen molar-refractivity contribution >= 4 is 32.7 Å². The Kier molecular flexibility index (Phi) is 7.07. The Morgan fingerprint density at radius 1 is 1.19 bits per heavy atom. The maximum absolute atomic E-state index is 13.3. The number of halogens is 1. The van der Waals surface area contributed by atoms with Crippen LogP contribution in [0, 0.1) is 5.82 Å². The minimum atomic E-state index is -3.56. The van der Waals surface area contributed by atoms with Crippen molar-refractivity contribution in [3.63, 3.8) is 0 Å². The van der Waals surface area contributed by atoms with Crippen LogP contribution in [0.3, 0.4) is 0 Å². The minimum Gasteiger partial charge on any atom is -0.328 e. The number of unbranched alkanes of at least 4 members (excludes halogenated alkanes) is 1. The fraction of sp³-hybridized carbons (Fsp3) is 0.364. The Labute approximate surface area is 181 Å². The van der Waals surface area contributed by atoms with Crippen molar-refractivity contribution in [1.29, 1.82) is 0 Å². The van der Waals surface area contributed by atoms with Crippen molar-refractivity contribution in [2.45, 2.75) is 44.0 Å². The van der Waals surface area contributed by atoms with Gasteiger partial charge in [-0.05, 0) is 42.8 Å². The van der Waals surface area contributed by atoms with Gasteiger partial charge in [-0.25, -0.2) is 22.1 Å². The maximum Gasteiger partial charge on any atom is 0.242 e. The van der Waals surface area contributed by atoms with Crippen LogP contribution in [0.2, 0.25) is 0 Å². The summed E-state index contributed by atoms with van der Waals surface area (Å²) in [6.07, 6.45) is 2.49. The number of hydrogen-bond acceptors (Lipinski definition) is 4. The van der Waals surface area contributed by atoms with Crippen LogP contribution >= 0.6 is 0 Å². The minimum absolute atomic E-state index is 0.175. The standard InChI is InChI=1S/C22H27FN4O3S/c1-4-5-13-27-20-10-9-18(31(29,30)26(2)3)15-19(20)25-21(27)11-12-22(28)24-17-8-6-7-16(23)14-17/h6-10,14-15H,4-5,11-13H2,1-3H3,(H,24,28). The van der Waals surface area contributed by atoms with Crippen LogP contribution in [0.1, 0.15) is 32.0 Å². The molecule has 3 rings (SSSR count). The maximum atomic E-state index is 13.3. The number of aryl methyl sites for hydroxylation is 2. The molecule has 9 heteroatoms. The Morgan fingerprint density at radius 2 is 1.97 bits per heavy atom. The zero-order chi connectivity index (χ0) is 22.6. The van der Waals surface area contributed by atoms with E-state index in [1.807, 2.05) is 4.57 Å². The molecule has 0 aliphatic rings. The lowest BCUT2D eigenvalue weighted by molar-refractivity contribution is -0.116. The molecule has 166 valence electrons. The lowest BCUT2D eigenvalue weighted by Gasteiger charge is -2.11. The number of imidazole rings is 1. The summed E-state index contributed by atoms with van der Waals surface area (Å²) in [5, 5.41) is 2.69. The number of benzene rings is 2. The number of sulfonamides is 1. The van der Waals surface area contributed by atoms with E-state index in [4.69, 9.17) is 0 Å². The van der Waals surface area contributed by atoms with Crippen LogP contribution in [0.4, 0.5) is 10.1 Å². The van der Waals surface area contributed by atoms with Gasteiger partial charge in [0.2, 0.25) is 15.9 Å². The van der Waals surface area contributed by atoms with Gasteiger partial charge in [0.05, 0.1) is 15.9 Å². The molecule has 0 radical (unpaired) electrons. The summed E-state index contributed by atoms with van der Waals surface area (Å²) < 4.78 is 41.4. The molecular weight excluding hydrogens is 419 g/mol. The zero-order valence-electron chi connectivity index (χ0n) is 17.9. The molecule has 31 heavy (non-hydrogen) atoms. The molecule has 0 fully saturated rings. The molecule has 1 amide bonds. The van der Waals surface area contributed by atoms with Gasteiger partial charge in [0, 0.05) is 39.2 Å². The van der Waals surface area contributed by atoms with Gasteiger partial charge in [-0.2, -0.15) is 0 Å². The number of nitrogens with zero attached hydrogens (tertiary/aromatic N) is 3. The average Bonchev–Trinajstić information content (AvgIpc) is 3.07. The Balaban J connectivity index is 1.84. The summed E-state index contributed by atoms with van der Waals surface area (Å²) >= 11 is 0. The first-order valence-corrected chi connectivity index (χ1v) is 11.6. The predicted octanol–water partition coefficient (Wildman–Crippen LogP) is 3.80. The number of rotatable bonds is 9. The first kappa shape index (κ1) is 22.9. The van der Waals surface area contributed by atoms with E-state index < -0.39 is 15.8 Å². The summed E-state index contributed by atoms with van der Waals surface area (Å²) in [6, 6.07) is 10.7. The van der Waals surface area contributed by atoms with Crippen LogP contribution in [-0.4, -0.2) is 42.3 Å². The molecule has 0 aliphatic carbocycles. The van der Waals surface area contributed by atoms with E-state index in [0.29, 0.717) is 17.6 Å². The van der Waals surface area contributed by atoms with Gasteiger partial charge >= 0.3 is 0 Å². The molecule has 1 heterocycles. The molecule has 7 nitrogen and oxygen atoms in total. The number of amides is 1. The molecule has 3 aromatic rings. The Hall–Kier alpha value is -2.78. The molecule has 0 unspecified atom stereocenters. The number of carbonyl (C=O) groups is 1. The highest BCUT2D eigenvalue weighted by Crippen LogP contribution is 2.23. The molecule has 0 spiro atoms. The lowest BCUT2D eigenvalue weighted by Crippen LogP contribution is -2.22. The Bertz CT molecular complexity index is 1190. The van der Waals surface area contributed by atoms with Crippen molar-refractivity contribution in [2.75, 3.05) is 19.4 Å². The van der Waals surface area contributed by atoms with E-state index in [-0.39, 0.29) is 17.2 Å². The van der Waals surface area contributed by atoms with E-state index in [1.165, 1.54) is 36.6 Å². The summed E-state index contributed by atoms with van der Waals surface area (Å²) in [7, 11) is -0.587. The second-order valence-electron chi connectivity index (χ2n) is 7.53. The van der Waals surface area contributed by atoms with Crippen LogP contribution in [0.5, 0.6) is 0 Å². The molecule has 0 saturated heterocycles. The van der Waals surface area contributed by atoms with Crippen molar-refractivity contribution in [1.82, 2.24) is 13.9 Å². The largest absolute Gasteiger partial charge is 0.328 e. The average molecular weight is 447 g/mol. The number of fused-ring (bicyclic) bond motifs is 1. The van der Waals surface area contributed by atoms with Crippen LogP contribution < -0.4 is 5.32 Å². The van der Waals surface area contributed by atoms with Crippen molar-refractivity contribution < 1.29 is 17.6 Å². The molecular formula is C22H27FN4O3S. The van der Waals surface area contributed by atoms with E-state index in [0.717, 1.165) is 30.7 Å². The van der Waals surface area contributed by atoms with Gasteiger partial charge in [0.1, 0.15) is 11.6 Å². The monoisotopic (exact) mass is 446 g/mol. The van der Waals surface area contributed by atoms with Crippen molar-refractivity contribution in [2.24, 2.45) is 0 Å². The third-order valence-corrected chi connectivity index (χ3v) is 6.81. The fourth-order valence-electron chi connectivity index (χ4n) is 3.30. The highest BCUT2D eigenvalue weighted by molar-refractivity contribution is 7.89. The predicted molar refractivity (Wildman–Crippen MR) is 119 cm³/mol. The van der Waals surface area contributed by atoms with Gasteiger partial charge in [0.25, 0.3) is 0 Å². The first-order chi connectivity index (χ1) is 14.7. The van der Waals surface area contributed by atoms with Crippen LogP contribution in [-0.2, 0) is 27.8 Å². The van der Waals surface area contributed by atoms with Crippen molar-refractivity contribution in [3.05, 3.63) is 54.1 Å². The smallest absolute Gasteiger partial charge is 0.242 e. The van der Waals surface area contributed by atoms with Gasteiger partial charge in [-0.1, -0.05) is 19.4 Å². The SMILES string of the molecule is CCCCn1c(CCC(=O)Nc2cccc(F)c2)nc2cc(S(=O)(=O)N(C)C)ccc21. The summed E-state index contributed by atoms with van der Waals surface area (Å²) in [5.74, 6) is 0.0652. The number of carbonyl (C=O) groups excluding carboxylic acids is 1. The number of nitrogens with one attached hydrogen (secondary N) is 1. The molecule has 0 bridgehead atoms. The third kappa shape index (κ3) is 5.29. The first-order valence-electron chi connectivity index (χ1n) is 10.2. The van der Waals surface area contributed by atoms with Gasteiger partial charge in [-0.15, -0.1) is 0 Å². The van der Waals surface area contributed by atoms with Gasteiger partial charge in [-0.3, -0.25) is 4.79 Å². The number of aromatic nitrogens is 2. The number of hydrogen-bond donors (Lipinski definition) is 1.